The zero-order valence-corrected chi connectivity index (χ0v) is 21.9. The van der Waals surface area contributed by atoms with Gasteiger partial charge in [-0.25, -0.2) is 14.1 Å². The number of carbonyl (C=O) groups excluding carboxylic acids is 1. The molecule has 1 aliphatic heterocycles. The number of rotatable bonds is 8. The summed E-state index contributed by atoms with van der Waals surface area (Å²) in [6.45, 7) is 3.87. The molecule has 39 heavy (non-hydrogen) atoms. The summed E-state index contributed by atoms with van der Waals surface area (Å²) in [5.74, 6) is -3.09. The lowest BCUT2D eigenvalue weighted by molar-refractivity contribution is -0.176. The number of benzene rings is 1. The number of piperidine rings is 1. The van der Waals surface area contributed by atoms with Crippen LogP contribution in [-0.4, -0.2) is 55.4 Å². The van der Waals surface area contributed by atoms with E-state index in [1.54, 1.807) is 0 Å². The maximum absolute atomic E-state index is 14.4. The second-order valence-electron chi connectivity index (χ2n) is 9.63. The smallest absolute Gasteiger partial charge is 0.393 e. The number of hydrogen-bond acceptors (Lipinski definition) is 7. The minimum Gasteiger partial charge on any atom is -0.493 e. The fourth-order valence-electron chi connectivity index (χ4n) is 4.15. The van der Waals surface area contributed by atoms with Crippen LogP contribution in [0.4, 0.5) is 23.4 Å². The first kappa shape index (κ1) is 28.3. The number of hydrogen-bond donors (Lipinski definition) is 2. The molecule has 0 radical (unpaired) electrons. The lowest BCUT2D eigenvalue weighted by Crippen LogP contribution is -2.43. The van der Waals surface area contributed by atoms with E-state index in [9.17, 15) is 30.8 Å². The van der Waals surface area contributed by atoms with Crippen molar-refractivity contribution < 1.29 is 35.5 Å². The third-order valence-electron chi connectivity index (χ3n) is 6.05. The number of sulfonamides is 1. The molecule has 1 unspecified atom stereocenters. The van der Waals surface area contributed by atoms with Gasteiger partial charge in [-0.15, -0.1) is 0 Å². The van der Waals surface area contributed by atoms with Crippen molar-refractivity contribution in [3.8, 4) is 17.0 Å². The topological polar surface area (TPSA) is 117 Å². The Kier molecular flexibility index (Phi) is 8.14. The molecule has 2 aromatic heterocycles. The third kappa shape index (κ3) is 6.85. The highest BCUT2D eigenvalue weighted by molar-refractivity contribution is 7.90. The van der Waals surface area contributed by atoms with Crippen molar-refractivity contribution in [2.75, 3.05) is 24.6 Å². The first-order chi connectivity index (χ1) is 18.3. The number of nitrogens with zero attached hydrogens (tertiary/aromatic N) is 3. The van der Waals surface area contributed by atoms with E-state index in [-0.39, 0.29) is 58.7 Å². The Morgan fingerprint density at radius 1 is 1.23 bits per heavy atom. The minimum atomic E-state index is -4.46. The first-order valence-corrected chi connectivity index (χ1v) is 13.6. The second-order valence-corrected chi connectivity index (χ2v) is 11.3. The number of pyridine rings is 1. The summed E-state index contributed by atoms with van der Waals surface area (Å²) < 4.78 is 87.8. The van der Waals surface area contributed by atoms with Gasteiger partial charge in [-0.3, -0.25) is 9.89 Å². The number of amides is 1. The number of ether oxygens (including phenoxy) is 1. The lowest BCUT2D eigenvalue weighted by Gasteiger charge is -2.35. The fraction of sp³-hybridized carbons (Fsp3) is 0.400. The lowest BCUT2D eigenvalue weighted by atomic mass is 9.97. The molecule has 9 nitrogen and oxygen atoms in total. The van der Waals surface area contributed by atoms with Gasteiger partial charge in [0.2, 0.25) is 0 Å². The van der Waals surface area contributed by atoms with Crippen LogP contribution in [0.15, 0.2) is 47.6 Å². The average Bonchev–Trinajstić information content (AvgIpc) is 3.42. The SMILES string of the molecule is CC(C)COc1cc(F)cc(-c2ccc(C(=O)NS(=O)(=O)c3ccn[nH]3)c(N3CCCC(C(F)(F)F)C3)n2)c1. The fourth-order valence-corrected chi connectivity index (χ4v) is 5.02. The highest BCUT2D eigenvalue weighted by Gasteiger charge is 2.42. The van der Waals surface area contributed by atoms with Crippen LogP contribution in [0.25, 0.3) is 11.3 Å². The Morgan fingerprint density at radius 2 is 2.00 bits per heavy atom. The molecule has 14 heteroatoms. The number of aromatic amines is 1. The largest absolute Gasteiger partial charge is 0.493 e. The maximum Gasteiger partial charge on any atom is 0.393 e. The number of nitrogens with one attached hydrogen (secondary N) is 2. The molecule has 210 valence electrons. The standard InChI is InChI=1S/C25H27F4N5O4S/c1-15(2)14-38-19-11-16(10-18(26)12-19)21-6-5-20(24(35)33-39(36,37)22-7-8-30-32-22)23(31-21)34-9-3-4-17(13-34)25(27,28)29/h5-8,10-12,15,17H,3-4,9,13-14H2,1-2H3,(H,30,32)(H,33,35). The Balaban J connectivity index is 1.74. The normalized spacial score (nSPS) is 16.4. The highest BCUT2D eigenvalue weighted by Crippen LogP contribution is 2.36. The molecule has 1 aromatic carbocycles. The zero-order chi connectivity index (χ0) is 28.4. The molecule has 1 atom stereocenters. The number of halogens is 4. The van der Waals surface area contributed by atoms with Crippen molar-refractivity contribution in [1.82, 2.24) is 19.9 Å². The summed E-state index contributed by atoms with van der Waals surface area (Å²) in [6.07, 6.45) is -3.19. The van der Waals surface area contributed by atoms with Gasteiger partial charge in [-0.1, -0.05) is 13.8 Å². The van der Waals surface area contributed by atoms with Crippen molar-refractivity contribution in [2.45, 2.75) is 37.9 Å². The molecule has 0 aliphatic carbocycles. The van der Waals surface area contributed by atoms with Gasteiger partial charge in [0.15, 0.2) is 5.03 Å². The Morgan fingerprint density at radius 3 is 2.67 bits per heavy atom. The van der Waals surface area contributed by atoms with Crippen LogP contribution in [0.5, 0.6) is 5.75 Å². The summed E-state index contributed by atoms with van der Waals surface area (Å²) in [4.78, 5) is 18.8. The molecule has 1 amide bonds. The van der Waals surface area contributed by atoms with Crippen molar-refractivity contribution in [2.24, 2.45) is 11.8 Å². The summed E-state index contributed by atoms with van der Waals surface area (Å²) in [5.41, 5.74) is 0.190. The maximum atomic E-state index is 14.4. The monoisotopic (exact) mass is 569 g/mol. The van der Waals surface area contributed by atoms with Crippen LogP contribution in [0, 0.1) is 17.7 Å². The molecule has 3 heterocycles. The molecular weight excluding hydrogens is 542 g/mol. The van der Waals surface area contributed by atoms with Crippen molar-refractivity contribution in [1.29, 1.82) is 0 Å². The third-order valence-corrected chi connectivity index (χ3v) is 7.31. The van der Waals surface area contributed by atoms with E-state index in [2.05, 4.69) is 15.2 Å². The Labute approximate surface area is 222 Å². The summed E-state index contributed by atoms with van der Waals surface area (Å²) in [6, 6.07) is 7.69. The van der Waals surface area contributed by atoms with Crippen LogP contribution >= 0.6 is 0 Å². The van der Waals surface area contributed by atoms with E-state index < -0.39 is 40.4 Å². The highest BCUT2D eigenvalue weighted by atomic mass is 32.2. The van der Waals surface area contributed by atoms with E-state index in [1.165, 1.54) is 41.4 Å². The first-order valence-electron chi connectivity index (χ1n) is 12.2. The van der Waals surface area contributed by atoms with Crippen LogP contribution < -0.4 is 14.4 Å². The van der Waals surface area contributed by atoms with E-state index >= 15 is 0 Å². The molecule has 0 bridgehead atoms. The van der Waals surface area contributed by atoms with E-state index in [1.807, 2.05) is 18.6 Å². The van der Waals surface area contributed by atoms with Gasteiger partial charge in [0.1, 0.15) is 17.4 Å². The predicted octanol–water partition coefficient (Wildman–Crippen LogP) is 4.54. The molecule has 1 fully saturated rings. The molecule has 1 saturated heterocycles. The van der Waals surface area contributed by atoms with Crippen LogP contribution in [0.2, 0.25) is 0 Å². The molecule has 4 rings (SSSR count). The van der Waals surface area contributed by atoms with Crippen LogP contribution in [-0.2, 0) is 10.0 Å². The molecule has 2 N–H and O–H groups in total. The molecule has 0 spiro atoms. The van der Waals surface area contributed by atoms with Gasteiger partial charge >= 0.3 is 6.18 Å². The van der Waals surface area contributed by atoms with Crippen molar-refractivity contribution in [3.05, 3.63) is 54.0 Å². The Hall–Kier alpha value is -3.68. The van der Waals surface area contributed by atoms with Gasteiger partial charge in [0.05, 0.1) is 30.0 Å². The van der Waals surface area contributed by atoms with Gasteiger partial charge < -0.3 is 9.64 Å². The van der Waals surface area contributed by atoms with Crippen molar-refractivity contribution >= 4 is 21.7 Å². The second kappa shape index (κ2) is 11.2. The van der Waals surface area contributed by atoms with Gasteiger partial charge in [0, 0.05) is 24.7 Å². The number of carbonyl (C=O) groups is 1. The van der Waals surface area contributed by atoms with Gasteiger partial charge in [0.25, 0.3) is 15.9 Å². The van der Waals surface area contributed by atoms with Gasteiger partial charge in [-0.2, -0.15) is 26.7 Å². The minimum absolute atomic E-state index is 0.0874. The van der Waals surface area contributed by atoms with Crippen LogP contribution in [0.1, 0.15) is 37.0 Å². The van der Waals surface area contributed by atoms with E-state index in [4.69, 9.17) is 4.74 Å². The van der Waals surface area contributed by atoms with Gasteiger partial charge in [-0.05, 0) is 49.1 Å². The summed E-state index contributed by atoms with van der Waals surface area (Å²) >= 11 is 0. The molecule has 0 saturated carbocycles. The Bertz CT molecular complexity index is 1430. The molecular formula is C25H27F4N5O4S. The summed E-state index contributed by atoms with van der Waals surface area (Å²) in [5, 5.41) is 5.42. The average molecular weight is 570 g/mol. The predicted molar refractivity (Wildman–Crippen MR) is 134 cm³/mol. The number of alkyl halides is 3. The zero-order valence-electron chi connectivity index (χ0n) is 21.1. The quantitative estimate of drug-likeness (QED) is 0.383. The van der Waals surface area contributed by atoms with E-state index in [0.717, 1.165) is 6.07 Å². The van der Waals surface area contributed by atoms with Crippen LogP contribution in [0.3, 0.4) is 0 Å². The van der Waals surface area contributed by atoms with Crippen molar-refractivity contribution in [3.63, 3.8) is 0 Å². The van der Waals surface area contributed by atoms with E-state index in [0.29, 0.717) is 6.61 Å². The molecule has 3 aromatic rings. The number of aromatic nitrogens is 3. The molecule has 1 aliphatic rings. The summed E-state index contributed by atoms with van der Waals surface area (Å²) in [7, 11) is -4.34. The number of H-pyrrole nitrogens is 1. The number of anilines is 1.